The van der Waals surface area contributed by atoms with Crippen LogP contribution >= 0.6 is 24.0 Å². The number of amides is 1. The van der Waals surface area contributed by atoms with Crippen molar-refractivity contribution in [3.05, 3.63) is 24.4 Å². The zero-order valence-corrected chi connectivity index (χ0v) is 19.1. The van der Waals surface area contributed by atoms with Gasteiger partial charge in [-0.15, -0.1) is 24.0 Å². The van der Waals surface area contributed by atoms with Crippen LogP contribution in [0.25, 0.3) is 0 Å². The first-order valence-electron chi connectivity index (χ1n) is 10.2. The molecule has 156 valence electrons. The molecule has 7 nitrogen and oxygen atoms in total. The van der Waals surface area contributed by atoms with Gasteiger partial charge in [-0.25, -0.2) is 9.98 Å². The molecule has 1 amide bonds. The predicted molar refractivity (Wildman–Crippen MR) is 124 cm³/mol. The van der Waals surface area contributed by atoms with E-state index < -0.39 is 0 Å². The maximum Gasteiger partial charge on any atom is 0.242 e. The standard InChI is InChI=1S/C20H32N6O.HI/c1-2-21-20(23-16-19(27)24-17-8-4-3-5-9-17)26-14-12-25(13-15-26)18-10-6-7-11-22-18;/h6-7,10-11,17H,2-5,8-9,12-16H2,1H3,(H,21,23)(H,24,27);1H. The summed E-state index contributed by atoms with van der Waals surface area (Å²) in [6, 6.07) is 6.34. The number of nitrogens with zero attached hydrogens (tertiary/aromatic N) is 4. The summed E-state index contributed by atoms with van der Waals surface area (Å²) in [4.78, 5) is 25.8. The average Bonchev–Trinajstić information content (AvgIpc) is 2.73. The van der Waals surface area contributed by atoms with Gasteiger partial charge in [0, 0.05) is 45.0 Å². The van der Waals surface area contributed by atoms with Gasteiger partial charge < -0.3 is 20.4 Å². The number of aromatic nitrogens is 1. The van der Waals surface area contributed by atoms with Crippen molar-refractivity contribution in [1.82, 2.24) is 20.5 Å². The van der Waals surface area contributed by atoms with Gasteiger partial charge in [-0.05, 0) is 31.9 Å². The summed E-state index contributed by atoms with van der Waals surface area (Å²) in [6.45, 7) is 6.58. The Labute approximate surface area is 185 Å². The minimum Gasteiger partial charge on any atom is -0.357 e. The molecule has 2 aliphatic rings. The van der Waals surface area contributed by atoms with Crippen LogP contribution in [0.1, 0.15) is 39.0 Å². The lowest BCUT2D eigenvalue weighted by Crippen LogP contribution is -2.53. The second-order valence-electron chi connectivity index (χ2n) is 7.23. The Bertz CT molecular complexity index is 612. The molecule has 8 heteroatoms. The van der Waals surface area contributed by atoms with Crippen LogP contribution in [0.4, 0.5) is 5.82 Å². The normalized spacial score (nSPS) is 18.4. The van der Waals surface area contributed by atoms with Gasteiger partial charge in [-0.3, -0.25) is 4.79 Å². The molecule has 1 aromatic heterocycles. The maximum absolute atomic E-state index is 12.3. The Morgan fingerprint density at radius 3 is 2.57 bits per heavy atom. The highest BCUT2D eigenvalue weighted by molar-refractivity contribution is 14.0. The smallest absolute Gasteiger partial charge is 0.242 e. The SMILES string of the molecule is CCNC(=NCC(=O)NC1CCCCC1)N1CCN(c2ccccn2)CC1.I. The average molecular weight is 500 g/mol. The second-order valence-corrected chi connectivity index (χ2v) is 7.23. The third-order valence-corrected chi connectivity index (χ3v) is 5.23. The fraction of sp³-hybridized carbons (Fsp3) is 0.650. The number of guanidine groups is 1. The first-order valence-corrected chi connectivity index (χ1v) is 10.2. The number of carbonyl (C=O) groups excluding carboxylic acids is 1. The highest BCUT2D eigenvalue weighted by Gasteiger charge is 2.21. The van der Waals surface area contributed by atoms with E-state index in [1.165, 1.54) is 19.3 Å². The van der Waals surface area contributed by atoms with Crippen molar-refractivity contribution in [2.45, 2.75) is 45.1 Å². The summed E-state index contributed by atoms with van der Waals surface area (Å²) in [6.07, 6.45) is 7.77. The fourth-order valence-corrected chi connectivity index (χ4v) is 3.78. The van der Waals surface area contributed by atoms with Gasteiger partial charge in [0.25, 0.3) is 0 Å². The Hall–Kier alpha value is -1.58. The summed E-state index contributed by atoms with van der Waals surface area (Å²) in [5.41, 5.74) is 0. The molecule has 1 saturated heterocycles. The van der Waals surface area contributed by atoms with E-state index in [0.29, 0.717) is 6.04 Å². The number of carbonyl (C=O) groups is 1. The van der Waals surface area contributed by atoms with Crippen LogP contribution < -0.4 is 15.5 Å². The van der Waals surface area contributed by atoms with Crippen LogP contribution in [0.2, 0.25) is 0 Å². The topological polar surface area (TPSA) is 72.9 Å². The molecular formula is C20H33IN6O. The van der Waals surface area contributed by atoms with Crippen molar-refractivity contribution in [1.29, 1.82) is 0 Å². The number of pyridine rings is 1. The van der Waals surface area contributed by atoms with E-state index in [1.54, 1.807) is 0 Å². The third-order valence-electron chi connectivity index (χ3n) is 5.23. The summed E-state index contributed by atoms with van der Waals surface area (Å²) in [5.74, 6) is 1.88. The molecule has 1 saturated carbocycles. The lowest BCUT2D eigenvalue weighted by Gasteiger charge is -2.37. The summed E-state index contributed by atoms with van der Waals surface area (Å²) in [5, 5.41) is 6.47. The van der Waals surface area contributed by atoms with Gasteiger partial charge in [-0.1, -0.05) is 25.3 Å². The molecule has 2 N–H and O–H groups in total. The van der Waals surface area contributed by atoms with Crippen molar-refractivity contribution in [3.63, 3.8) is 0 Å². The van der Waals surface area contributed by atoms with Crippen LogP contribution in [0.3, 0.4) is 0 Å². The number of nitrogens with one attached hydrogen (secondary N) is 2. The van der Waals surface area contributed by atoms with E-state index in [0.717, 1.165) is 57.3 Å². The number of anilines is 1. The monoisotopic (exact) mass is 500 g/mol. The number of hydrogen-bond donors (Lipinski definition) is 2. The molecular weight excluding hydrogens is 467 g/mol. The number of hydrogen-bond acceptors (Lipinski definition) is 4. The summed E-state index contributed by atoms with van der Waals surface area (Å²) in [7, 11) is 0. The molecule has 1 aromatic rings. The van der Waals surface area contributed by atoms with Crippen molar-refractivity contribution in [2.75, 3.05) is 44.2 Å². The number of piperazine rings is 1. The van der Waals surface area contributed by atoms with Crippen LogP contribution in [-0.4, -0.2) is 67.1 Å². The van der Waals surface area contributed by atoms with Crippen molar-refractivity contribution in [3.8, 4) is 0 Å². The zero-order chi connectivity index (χ0) is 18.9. The lowest BCUT2D eigenvalue weighted by atomic mass is 9.95. The molecule has 1 aliphatic carbocycles. The molecule has 28 heavy (non-hydrogen) atoms. The molecule has 0 bridgehead atoms. The maximum atomic E-state index is 12.3. The van der Waals surface area contributed by atoms with Gasteiger partial charge in [0.1, 0.15) is 12.4 Å². The van der Waals surface area contributed by atoms with E-state index in [1.807, 2.05) is 24.4 Å². The molecule has 0 spiro atoms. The molecule has 1 aliphatic heterocycles. The third kappa shape index (κ3) is 6.79. The Kier molecular flexibility index (Phi) is 9.80. The van der Waals surface area contributed by atoms with Crippen LogP contribution in [0, 0.1) is 0 Å². The highest BCUT2D eigenvalue weighted by Crippen LogP contribution is 2.17. The van der Waals surface area contributed by atoms with E-state index in [9.17, 15) is 4.79 Å². The number of halogens is 1. The molecule has 3 rings (SSSR count). The summed E-state index contributed by atoms with van der Waals surface area (Å²) >= 11 is 0. The van der Waals surface area contributed by atoms with Gasteiger partial charge in [0.05, 0.1) is 0 Å². The highest BCUT2D eigenvalue weighted by atomic mass is 127. The van der Waals surface area contributed by atoms with Crippen molar-refractivity contribution >= 4 is 41.7 Å². The number of rotatable bonds is 5. The van der Waals surface area contributed by atoms with Gasteiger partial charge in [0.15, 0.2) is 5.96 Å². The zero-order valence-electron chi connectivity index (χ0n) is 16.8. The lowest BCUT2D eigenvalue weighted by molar-refractivity contribution is -0.120. The Morgan fingerprint density at radius 2 is 1.93 bits per heavy atom. The summed E-state index contributed by atoms with van der Waals surface area (Å²) < 4.78 is 0. The quantitative estimate of drug-likeness (QED) is 0.369. The fourth-order valence-electron chi connectivity index (χ4n) is 3.78. The largest absolute Gasteiger partial charge is 0.357 e. The van der Waals surface area contributed by atoms with Gasteiger partial charge in [-0.2, -0.15) is 0 Å². The van der Waals surface area contributed by atoms with Crippen molar-refractivity contribution < 1.29 is 4.79 Å². The van der Waals surface area contributed by atoms with E-state index in [4.69, 9.17) is 0 Å². The Morgan fingerprint density at radius 1 is 1.18 bits per heavy atom. The first kappa shape index (κ1) is 22.7. The molecule has 2 heterocycles. The molecule has 0 unspecified atom stereocenters. The minimum atomic E-state index is 0. The van der Waals surface area contributed by atoms with Crippen molar-refractivity contribution in [2.24, 2.45) is 4.99 Å². The van der Waals surface area contributed by atoms with E-state index in [-0.39, 0.29) is 36.4 Å². The molecule has 2 fully saturated rings. The van der Waals surface area contributed by atoms with Gasteiger partial charge >= 0.3 is 0 Å². The number of aliphatic imine (C=N–C) groups is 1. The van der Waals surface area contributed by atoms with Gasteiger partial charge in [0.2, 0.25) is 5.91 Å². The molecule has 0 radical (unpaired) electrons. The van der Waals surface area contributed by atoms with Crippen LogP contribution in [0.5, 0.6) is 0 Å². The minimum absolute atomic E-state index is 0. The predicted octanol–water partition coefficient (Wildman–Crippen LogP) is 2.24. The van der Waals surface area contributed by atoms with Crippen LogP contribution in [0.15, 0.2) is 29.4 Å². The van der Waals surface area contributed by atoms with E-state index >= 15 is 0 Å². The molecule has 0 aromatic carbocycles. The Balaban J connectivity index is 0.00000280. The molecule has 0 atom stereocenters. The van der Waals surface area contributed by atoms with Crippen LogP contribution in [-0.2, 0) is 4.79 Å². The first-order chi connectivity index (χ1) is 13.3. The van der Waals surface area contributed by atoms with E-state index in [2.05, 4.69) is 37.3 Å². The second kappa shape index (κ2) is 12.1.